The third-order valence-corrected chi connectivity index (χ3v) is 4.55. The van der Waals surface area contributed by atoms with Crippen LogP contribution in [-0.4, -0.2) is 0 Å². The van der Waals surface area contributed by atoms with Crippen LogP contribution in [0.25, 0.3) is 0 Å². The summed E-state index contributed by atoms with van der Waals surface area (Å²) in [7, 11) is 0. The number of fused-ring (bicyclic) bond motifs is 2. The van der Waals surface area contributed by atoms with Crippen LogP contribution in [-0.2, 0) is 6.42 Å². The van der Waals surface area contributed by atoms with Crippen LogP contribution in [0.15, 0.2) is 42.5 Å². The van der Waals surface area contributed by atoms with E-state index in [1.807, 2.05) is 12.1 Å². The lowest BCUT2D eigenvalue weighted by atomic mass is 9.97. The predicted octanol–water partition coefficient (Wildman–Crippen LogP) is 5.23. The molecule has 0 saturated carbocycles. The summed E-state index contributed by atoms with van der Waals surface area (Å²) in [6.45, 7) is 2.19. The summed E-state index contributed by atoms with van der Waals surface area (Å²) in [6, 6.07) is 14.7. The Labute approximate surface area is 116 Å². The first-order chi connectivity index (χ1) is 8.78. The quantitative estimate of drug-likeness (QED) is 0.589. The van der Waals surface area contributed by atoms with Crippen molar-refractivity contribution in [2.24, 2.45) is 0 Å². The Balaban J connectivity index is 1.98. The van der Waals surface area contributed by atoms with E-state index in [0.29, 0.717) is 4.83 Å². The van der Waals surface area contributed by atoms with Gasteiger partial charge in [-0.25, -0.2) is 0 Å². The summed E-state index contributed by atoms with van der Waals surface area (Å²) in [5.74, 6) is 1.98. The van der Waals surface area contributed by atoms with Gasteiger partial charge in [0, 0.05) is 11.2 Å². The third-order valence-electron chi connectivity index (χ3n) is 3.38. The van der Waals surface area contributed by atoms with Crippen molar-refractivity contribution < 1.29 is 4.74 Å². The molecule has 3 rings (SSSR count). The van der Waals surface area contributed by atoms with Crippen LogP contribution >= 0.6 is 15.9 Å². The third kappa shape index (κ3) is 2.05. The lowest BCUT2D eigenvalue weighted by Gasteiger charge is -2.21. The Morgan fingerprint density at radius 1 is 1.11 bits per heavy atom. The molecule has 0 spiro atoms. The molecular formula is C16H15BrO. The molecule has 2 aromatic rings. The van der Waals surface area contributed by atoms with E-state index in [4.69, 9.17) is 4.74 Å². The normalized spacial score (nSPS) is 14.3. The Morgan fingerprint density at radius 3 is 2.72 bits per heavy atom. The molecule has 1 unspecified atom stereocenters. The topological polar surface area (TPSA) is 9.23 Å². The Hall–Kier alpha value is -1.28. The van der Waals surface area contributed by atoms with Gasteiger partial charge in [0.05, 0.1) is 0 Å². The minimum Gasteiger partial charge on any atom is -0.457 e. The average molecular weight is 303 g/mol. The molecule has 0 aromatic heterocycles. The van der Waals surface area contributed by atoms with Crippen molar-refractivity contribution in [3.63, 3.8) is 0 Å². The van der Waals surface area contributed by atoms with Crippen molar-refractivity contribution in [1.29, 1.82) is 0 Å². The molecule has 2 heteroatoms. The Kier molecular flexibility index (Phi) is 3.13. The summed E-state index contributed by atoms with van der Waals surface area (Å²) in [6.07, 6.45) is 2.05. The molecule has 2 aromatic carbocycles. The molecular weight excluding hydrogens is 288 g/mol. The summed E-state index contributed by atoms with van der Waals surface area (Å²) in [5.41, 5.74) is 3.88. The van der Waals surface area contributed by atoms with Crippen LogP contribution in [0.5, 0.6) is 11.5 Å². The summed E-state index contributed by atoms with van der Waals surface area (Å²) in [4.78, 5) is 0.431. The van der Waals surface area contributed by atoms with E-state index in [1.165, 1.54) is 16.7 Å². The molecule has 1 aliphatic heterocycles. The molecule has 0 fully saturated rings. The number of hydrogen-bond acceptors (Lipinski definition) is 1. The predicted molar refractivity (Wildman–Crippen MR) is 77.7 cm³/mol. The molecule has 1 heterocycles. The summed E-state index contributed by atoms with van der Waals surface area (Å²) < 4.78 is 5.93. The van der Waals surface area contributed by atoms with Gasteiger partial charge in [-0.15, -0.1) is 0 Å². The SMILES string of the molecule is CCC(Br)c1ccc2c(c1)Cc1ccccc1O2. The minimum absolute atomic E-state index is 0.431. The molecule has 18 heavy (non-hydrogen) atoms. The van der Waals surface area contributed by atoms with Crippen molar-refractivity contribution >= 4 is 15.9 Å². The molecule has 0 radical (unpaired) electrons. The highest BCUT2D eigenvalue weighted by Crippen LogP contribution is 2.38. The van der Waals surface area contributed by atoms with Gasteiger partial charge in [-0.3, -0.25) is 0 Å². The van der Waals surface area contributed by atoms with Crippen LogP contribution in [0.3, 0.4) is 0 Å². The lowest BCUT2D eigenvalue weighted by Crippen LogP contribution is -2.03. The van der Waals surface area contributed by atoms with E-state index in [0.717, 1.165) is 24.3 Å². The van der Waals surface area contributed by atoms with Gasteiger partial charge in [-0.05, 0) is 35.2 Å². The molecule has 0 bridgehead atoms. The fourth-order valence-electron chi connectivity index (χ4n) is 2.34. The fraction of sp³-hybridized carbons (Fsp3) is 0.250. The maximum Gasteiger partial charge on any atom is 0.130 e. The van der Waals surface area contributed by atoms with Gasteiger partial charge < -0.3 is 4.74 Å². The highest BCUT2D eigenvalue weighted by atomic mass is 79.9. The maximum atomic E-state index is 5.93. The van der Waals surface area contributed by atoms with Crippen molar-refractivity contribution in [3.8, 4) is 11.5 Å². The van der Waals surface area contributed by atoms with E-state index < -0.39 is 0 Å². The molecule has 1 atom stereocenters. The molecule has 92 valence electrons. The van der Waals surface area contributed by atoms with Crippen molar-refractivity contribution in [2.45, 2.75) is 24.6 Å². The number of hydrogen-bond donors (Lipinski definition) is 0. The number of alkyl halides is 1. The van der Waals surface area contributed by atoms with Crippen molar-refractivity contribution in [3.05, 3.63) is 59.2 Å². The van der Waals surface area contributed by atoms with Gasteiger partial charge in [-0.2, -0.15) is 0 Å². The van der Waals surface area contributed by atoms with E-state index in [9.17, 15) is 0 Å². The standard InChI is InChI=1S/C16H15BrO/c1-2-14(17)11-7-8-16-13(9-11)10-12-5-3-4-6-15(12)18-16/h3-9,14H,2,10H2,1H3. The molecule has 1 aliphatic rings. The van der Waals surface area contributed by atoms with Crippen LogP contribution in [0.2, 0.25) is 0 Å². The second kappa shape index (κ2) is 4.77. The molecule has 0 saturated heterocycles. The smallest absolute Gasteiger partial charge is 0.130 e. The zero-order valence-corrected chi connectivity index (χ0v) is 11.9. The van der Waals surface area contributed by atoms with Gasteiger partial charge in [0.2, 0.25) is 0 Å². The number of rotatable bonds is 2. The Morgan fingerprint density at radius 2 is 1.89 bits per heavy atom. The lowest BCUT2D eigenvalue weighted by molar-refractivity contribution is 0.459. The number of halogens is 1. The van der Waals surface area contributed by atoms with E-state index in [1.54, 1.807) is 0 Å². The number of benzene rings is 2. The van der Waals surface area contributed by atoms with E-state index >= 15 is 0 Å². The first kappa shape index (κ1) is 11.8. The zero-order chi connectivity index (χ0) is 12.5. The van der Waals surface area contributed by atoms with E-state index in [2.05, 4.69) is 53.2 Å². The van der Waals surface area contributed by atoms with Gasteiger partial charge in [0.25, 0.3) is 0 Å². The monoisotopic (exact) mass is 302 g/mol. The van der Waals surface area contributed by atoms with Crippen LogP contribution in [0.1, 0.15) is 34.9 Å². The van der Waals surface area contributed by atoms with Crippen molar-refractivity contribution in [1.82, 2.24) is 0 Å². The molecule has 0 N–H and O–H groups in total. The molecule has 0 aliphatic carbocycles. The van der Waals surface area contributed by atoms with Crippen molar-refractivity contribution in [2.75, 3.05) is 0 Å². The fourth-order valence-corrected chi connectivity index (χ4v) is 2.63. The Bertz CT molecular complexity index is 577. The molecule has 1 nitrogen and oxygen atoms in total. The molecule has 0 amide bonds. The van der Waals surface area contributed by atoms with Crippen LogP contribution in [0, 0.1) is 0 Å². The largest absolute Gasteiger partial charge is 0.457 e. The minimum atomic E-state index is 0.431. The highest BCUT2D eigenvalue weighted by Gasteiger charge is 2.17. The second-order valence-electron chi connectivity index (χ2n) is 4.63. The maximum absolute atomic E-state index is 5.93. The number of para-hydroxylation sites is 1. The summed E-state index contributed by atoms with van der Waals surface area (Å²) >= 11 is 3.70. The van der Waals surface area contributed by atoms with Gasteiger partial charge in [-0.1, -0.05) is 53.2 Å². The van der Waals surface area contributed by atoms with Gasteiger partial charge in [0.15, 0.2) is 0 Å². The highest BCUT2D eigenvalue weighted by molar-refractivity contribution is 9.09. The first-order valence-electron chi connectivity index (χ1n) is 6.30. The van der Waals surface area contributed by atoms with E-state index in [-0.39, 0.29) is 0 Å². The average Bonchev–Trinajstić information content (AvgIpc) is 2.43. The van der Waals surface area contributed by atoms with Crippen LogP contribution in [0.4, 0.5) is 0 Å². The van der Waals surface area contributed by atoms with Gasteiger partial charge in [0.1, 0.15) is 11.5 Å². The second-order valence-corrected chi connectivity index (χ2v) is 5.73. The zero-order valence-electron chi connectivity index (χ0n) is 10.3. The number of ether oxygens (including phenoxy) is 1. The van der Waals surface area contributed by atoms with Crippen LogP contribution < -0.4 is 4.74 Å². The first-order valence-corrected chi connectivity index (χ1v) is 7.22. The summed E-state index contributed by atoms with van der Waals surface area (Å²) in [5, 5.41) is 0. The van der Waals surface area contributed by atoms with Gasteiger partial charge >= 0.3 is 0 Å².